The van der Waals surface area contributed by atoms with Crippen molar-refractivity contribution in [3.8, 4) is 0 Å². The van der Waals surface area contributed by atoms with Crippen LogP contribution in [-0.4, -0.2) is 33.8 Å². The first-order chi connectivity index (χ1) is 11.5. The van der Waals surface area contributed by atoms with Gasteiger partial charge in [-0.15, -0.1) is 10.2 Å². The first kappa shape index (κ1) is 18.4. The molecule has 1 aromatic carbocycles. The number of carbonyl (C=O) groups is 2. The zero-order valence-corrected chi connectivity index (χ0v) is 15.5. The number of hydrogen-bond donors (Lipinski definition) is 2. The van der Waals surface area contributed by atoms with Gasteiger partial charge in [-0.3, -0.25) is 9.59 Å². The lowest BCUT2D eigenvalue weighted by Crippen LogP contribution is -2.33. The Hall–Kier alpha value is -1.93. The minimum Gasteiger partial charge on any atom is -0.353 e. The molecule has 1 aromatic heterocycles. The standard InChI is InChI=1S/C16H20N4O2S2/c1-4-11(3)17-13(21)9-23-16-20-19-15(24-16)14(22)18-12-8-6-5-7-10(12)2/h5-8,11H,4,9H2,1-3H3,(H,17,21)(H,18,22)/t11-/m0/s1. The second-order valence-electron chi connectivity index (χ2n) is 5.31. The summed E-state index contributed by atoms with van der Waals surface area (Å²) in [5, 5.41) is 13.8. The molecule has 0 aliphatic heterocycles. The first-order valence-electron chi connectivity index (χ1n) is 7.62. The van der Waals surface area contributed by atoms with E-state index in [9.17, 15) is 9.59 Å². The Kier molecular flexibility index (Phi) is 6.74. The predicted octanol–water partition coefficient (Wildman–Crippen LogP) is 3.11. The topological polar surface area (TPSA) is 84.0 Å². The number of amides is 2. The second-order valence-corrected chi connectivity index (χ2v) is 7.51. The van der Waals surface area contributed by atoms with Crippen molar-refractivity contribution < 1.29 is 9.59 Å². The van der Waals surface area contributed by atoms with Gasteiger partial charge in [0, 0.05) is 11.7 Å². The molecule has 0 aliphatic rings. The average molecular weight is 364 g/mol. The van der Waals surface area contributed by atoms with Gasteiger partial charge in [0.1, 0.15) is 0 Å². The minimum absolute atomic E-state index is 0.0459. The van der Waals surface area contributed by atoms with Crippen LogP contribution in [-0.2, 0) is 4.79 Å². The van der Waals surface area contributed by atoms with Gasteiger partial charge in [-0.1, -0.05) is 48.2 Å². The van der Waals surface area contributed by atoms with Crippen LogP contribution in [0.4, 0.5) is 5.69 Å². The molecule has 24 heavy (non-hydrogen) atoms. The highest BCUT2D eigenvalue weighted by Gasteiger charge is 2.15. The molecule has 2 rings (SSSR count). The van der Waals surface area contributed by atoms with E-state index in [2.05, 4.69) is 20.8 Å². The predicted molar refractivity (Wildman–Crippen MR) is 97.7 cm³/mol. The van der Waals surface area contributed by atoms with Crippen molar-refractivity contribution in [1.29, 1.82) is 0 Å². The quantitative estimate of drug-likeness (QED) is 0.738. The third-order valence-corrected chi connectivity index (χ3v) is 5.40. The largest absolute Gasteiger partial charge is 0.353 e. The minimum atomic E-state index is -0.294. The summed E-state index contributed by atoms with van der Waals surface area (Å²) in [5.41, 5.74) is 1.73. The zero-order valence-electron chi connectivity index (χ0n) is 13.8. The van der Waals surface area contributed by atoms with Gasteiger partial charge in [0.25, 0.3) is 5.91 Å². The normalized spacial score (nSPS) is 11.8. The van der Waals surface area contributed by atoms with Gasteiger partial charge < -0.3 is 10.6 Å². The summed E-state index contributed by atoms with van der Waals surface area (Å²) < 4.78 is 0.601. The highest BCUT2D eigenvalue weighted by atomic mass is 32.2. The van der Waals surface area contributed by atoms with E-state index in [0.717, 1.165) is 17.7 Å². The highest BCUT2D eigenvalue weighted by Crippen LogP contribution is 2.23. The molecule has 1 atom stereocenters. The van der Waals surface area contributed by atoms with Crippen LogP contribution in [0.5, 0.6) is 0 Å². The third-order valence-electron chi connectivity index (χ3n) is 3.34. The van der Waals surface area contributed by atoms with E-state index in [1.54, 1.807) is 0 Å². The monoisotopic (exact) mass is 364 g/mol. The number of benzene rings is 1. The zero-order chi connectivity index (χ0) is 17.5. The van der Waals surface area contributed by atoms with Crippen molar-refractivity contribution in [3.05, 3.63) is 34.8 Å². The van der Waals surface area contributed by atoms with Crippen LogP contribution in [0.1, 0.15) is 35.6 Å². The SMILES string of the molecule is CC[C@H](C)NC(=O)CSc1nnc(C(=O)Nc2ccccc2C)s1. The molecule has 0 spiro atoms. The number of aryl methyl sites for hydroxylation is 1. The summed E-state index contributed by atoms with van der Waals surface area (Å²) in [7, 11) is 0. The number of nitrogens with zero attached hydrogens (tertiary/aromatic N) is 2. The molecule has 0 aliphatic carbocycles. The maximum atomic E-state index is 12.2. The van der Waals surface area contributed by atoms with Gasteiger partial charge in [0.2, 0.25) is 10.9 Å². The molecular formula is C16H20N4O2S2. The summed E-state index contributed by atoms with van der Waals surface area (Å²) >= 11 is 2.46. The van der Waals surface area contributed by atoms with Crippen molar-refractivity contribution in [2.24, 2.45) is 0 Å². The fourth-order valence-corrected chi connectivity index (χ4v) is 3.35. The molecule has 8 heteroatoms. The van der Waals surface area contributed by atoms with Gasteiger partial charge in [0.05, 0.1) is 5.75 Å². The average Bonchev–Trinajstić information content (AvgIpc) is 3.04. The van der Waals surface area contributed by atoms with Crippen molar-refractivity contribution in [2.45, 2.75) is 37.6 Å². The molecule has 0 unspecified atom stereocenters. The molecule has 0 bridgehead atoms. The Morgan fingerprint density at radius 2 is 2.04 bits per heavy atom. The molecule has 6 nitrogen and oxygen atoms in total. The molecule has 0 fully saturated rings. The fourth-order valence-electron chi connectivity index (χ4n) is 1.79. The van der Waals surface area contributed by atoms with Crippen LogP contribution >= 0.6 is 23.1 Å². The van der Waals surface area contributed by atoms with E-state index in [4.69, 9.17) is 0 Å². The Balaban J connectivity index is 1.89. The van der Waals surface area contributed by atoms with Gasteiger partial charge >= 0.3 is 0 Å². The van der Waals surface area contributed by atoms with Crippen LogP contribution in [0, 0.1) is 6.92 Å². The molecule has 0 radical (unpaired) electrons. The number of nitrogens with one attached hydrogen (secondary N) is 2. The number of anilines is 1. The van der Waals surface area contributed by atoms with Crippen molar-refractivity contribution in [2.75, 3.05) is 11.1 Å². The summed E-state index contributed by atoms with van der Waals surface area (Å²) in [5.74, 6) is -0.0774. The molecule has 2 amide bonds. The fraction of sp³-hybridized carbons (Fsp3) is 0.375. The van der Waals surface area contributed by atoms with E-state index in [1.807, 2.05) is 45.0 Å². The van der Waals surface area contributed by atoms with Crippen LogP contribution in [0.3, 0.4) is 0 Å². The summed E-state index contributed by atoms with van der Waals surface area (Å²) in [4.78, 5) is 24.0. The maximum absolute atomic E-state index is 12.2. The Bertz CT molecular complexity index is 718. The summed E-state index contributed by atoms with van der Waals surface area (Å²) in [6, 6.07) is 7.69. The van der Waals surface area contributed by atoms with Crippen molar-refractivity contribution in [3.63, 3.8) is 0 Å². The summed E-state index contributed by atoms with van der Waals surface area (Å²) in [6.45, 7) is 5.90. The van der Waals surface area contributed by atoms with Crippen LogP contribution in [0.15, 0.2) is 28.6 Å². The summed E-state index contributed by atoms with van der Waals surface area (Å²) in [6.07, 6.45) is 0.887. The second kappa shape index (κ2) is 8.79. The van der Waals surface area contributed by atoms with Crippen molar-refractivity contribution in [1.82, 2.24) is 15.5 Å². The molecule has 1 heterocycles. The maximum Gasteiger partial charge on any atom is 0.286 e. The molecule has 0 saturated heterocycles. The molecular weight excluding hydrogens is 344 g/mol. The Morgan fingerprint density at radius 1 is 1.29 bits per heavy atom. The number of thioether (sulfide) groups is 1. The van der Waals surface area contributed by atoms with Gasteiger partial charge in [-0.05, 0) is 31.9 Å². The molecule has 2 N–H and O–H groups in total. The van der Waals surface area contributed by atoms with Crippen LogP contribution in [0.2, 0.25) is 0 Å². The third kappa shape index (κ3) is 5.31. The van der Waals surface area contributed by atoms with E-state index in [1.165, 1.54) is 23.1 Å². The number of rotatable bonds is 7. The van der Waals surface area contributed by atoms with Gasteiger partial charge in [0.15, 0.2) is 4.34 Å². The van der Waals surface area contributed by atoms with E-state index < -0.39 is 0 Å². The highest BCUT2D eigenvalue weighted by molar-refractivity contribution is 8.01. The number of aromatic nitrogens is 2. The molecule has 0 saturated carbocycles. The number of para-hydroxylation sites is 1. The van der Waals surface area contributed by atoms with Crippen LogP contribution in [0.25, 0.3) is 0 Å². The lowest BCUT2D eigenvalue weighted by atomic mass is 10.2. The molecule has 128 valence electrons. The van der Waals surface area contributed by atoms with Crippen molar-refractivity contribution >= 4 is 40.6 Å². The smallest absolute Gasteiger partial charge is 0.286 e. The first-order valence-corrected chi connectivity index (χ1v) is 9.42. The molecule has 2 aromatic rings. The Morgan fingerprint density at radius 3 is 2.75 bits per heavy atom. The number of hydrogen-bond acceptors (Lipinski definition) is 6. The lowest BCUT2D eigenvalue weighted by Gasteiger charge is -2.09. The van der Waals surface area contributed by atoms with E-state index in [0.29, 0.717) is 4.34 Å². The van der Waals surface area contributed by atoms with Crippen LogP contribution < -0.4 is 10.6 Å². The lowest BCUT2D eigenvalue weighted by molar-refractivity contribution is -0.119. The van der Waals surface area contributed by atoms with Gasteiger partial charge in [-0.2, -0.15) is 0 Å². The number of carbonyl (C=O) groups excluding carboxylic acids is 2. The van der Waals surface area contributed by atoms with E-state index >= 15 is 0 Å². The Labute approximate surface area is 149 Å². The van der Waals surface area contributed by atoms with Gasteiger partial charge in [-0.25, -0.2) is 0 Å². The van der Waals surface area contributed by atoms with E-state index in [-0.39, 0.29) is 28.6 Å².